The fraction of sp³-hybridized carbons (Fsp3) is 0.943. The van der Waals surface area contributed by atoms with Crippen LogP contribution in [-0.4, -0.2) is 96.7 Å². The summed E-state index contributed by atoms with van der Waals surface area (Å²) in [5.41, 5.74) is 0. The largest absolute Gasteiger partial charge is 0.472 e. The van der Waals surface area contributed by atoms with Gasteiger partial charge in [-0.25, -0.2) is 9.13 Å². The number of unbranched alkanes of at least 4 members (excludes halogenated alkanes) is 39. The quantitative estimate of drug-likeness (QED) is 0.0222. The average molecular weight is 1310 g/mol. The number of carbonyl (C=O) groups is 4. The number of aliphatic hydroxyl groups excluding tert-OH is 1. The van der Waals surface area contributed by atoms with Gasteiger partial charge in [0, 0.05) is 25.7 Å². The van der Waals surface area contributed by atoms with Crippen LogP contribution < -0.4 is 0 Å². The predicted molar refractivity (Wildman–Crippen MR) is 358 cm³/mol. The minimum absolute atomic E-state index is 0.102. The Morgan fingerprint density at radius 2 is 0.517 bits per heavy atom. The first-order chi connectivity index (χ1) is 42.9. The van der Waals surface area contributed by atoms with Crippen LogP contribution in [0.5, 0.6) is 0 Å². The molecule has 89 heavy (non-hydrogen) atoms. The average Bonchev–Trinajstić information content (AvgIpc) is 3.50. The van der Waals surface area contributed by atoms with E-state index < -0.39 is 97.5 Å². The number of hydrogen-bond acceptors (Lipinski definition) is 15. The van der Waals surface area contributed by atoms with Crippen LogP contribution in [-0.2, 0) is 65.4 Å². The summed E-state index contributed by atoms with van der Waals surface area (Å²) >= 11 is 0. The molecule has 0 rings (SSSR count). The summed E-state index contributed by atoms with van der Waals surface area (Å²) in [5, 5.41) is 10.6. The number of hydrogen-bond donors (Lipinski definition) is 3. The molecule has 0 saturated heterocycles. The van der Waals surface area contributed by atoms with Gasteiger partial charge in [0.1, 0.15) is 19.3 Å². The highest BCUT2D eigenvalue weighted by Crippen LogP contribution is 2.45. The van der Waals surface area contributed by atoms with Crippen molar-refractivity contribution in [3.63, 3.8) is 0 Å². The van der Waals surface area contributed by atoms with Crippen molar-refractivity contribution in [3.8, 4) is 0 Å². The van der Waals surface area contributed by atoms with Crippen LogP contribution in [0.25, 0.3) is 0 Å². The maximum atomic E-state index is 13.0. The summed E-state index contributed by atoms with van der Waals surface area (Å²) in [4.78, 5) is 72.3. The summed E-state index contributed by atoms with van der Waals surface area (Å²) in [6, 6.07) is 0. The molecule has 0 spiro atoms. The van der Waals surface area contributed by atoms with Crippen LogP contribution >= 0.6 is 15.6 Å². The standard InChI is InChI=1S/C70H136O17P2/c1-7-9-11-13-15-17-18-19-20-21-22-23-24-25-26-27-28-30-34-42-48-54-69(74)86-65(58-81-68(73)53-47-41-35-31-32-38-44-50-62(3)4)60-84-88(76,77)82-56-64(71)57-83-89(78,79)85-61-66(87-70(75)55-49-43-37-36-39-45-51-63(5)6)59-80-67(72)52-46-40-33-29-16-14-12-10-8-2/h62-66,71H,7-61H2,1-6H3,(H,76,77)(H,78,79)/t64-,65-,66-/m1/s1. The summed E-state index contributed by atoms with van der Waals surface area (Å²) in [6.07, 6.45) is 47.7. The van der Waals surface area contributed by atoms with Gasteiger partial charge in [-0.15, -0.1) is 0 Å². The van der Waals surface area contributed by atoms with E-state index in [0.29, 0.717) is 37.5 Å². The van der Waals surface area contributed by atoms with Crippen LogP contribution in [0.3, 0.4) is 0 Å². The van der Waals surface area contributed by atoms with Gasteiger partial charge < -0.3 is 33.8 Å². The maximum absolute atomic E-state index is 13.0. The Kier molecular flexibility index (Phi) is 60.8. The maximum Gasteiger partial charge on any atom is 0.472 e. The third-order valence-electron chi connectivity index (χ3n) is 16.2. The van der Waals surface area contributed by atoms with E-state index in [0.717, 1.165) is 96.3 Å². The molecule has 0 amide bonds. The normalized spacial score (nSPS) is 14.1. The van der Waals surface area contributed by atoms with Gasteiger partial charge in [-0.2, -0.15) is 0 Å². The molecular weight excluding hydrogens is 1170 g/mol. The lowest BCUT2D eigenvalue weighted by Gasteiger charge is -2.21. The predicted octanol–water partition coefficient (Wildman–Crippen LogP) is 20.0. The van der Waals surface area contributed by atoms with Crippen molar-refractivity contribution < 1.29 is 80.2 Å². The van der Waals surface area contributed by atoms with Crippen molar-refractivity contribution in [1.82, 2.24) is 0 Å². The van der Waals surface area contributed by atoms with Gasteiger partial charge in [0.15, 0.2) is 12.2 Å². The van der Waals surface area contributed by atoms with Crippen molar-refractivity contribution >= 4 is 39.5 Å². The first-order valence-electron chi connectivity index (χ1n) is 36.5. The third kappa shape index (κ3) is 64.6. The van der Waals surface area contributed by atoms with E-state index in [-0.39, 0.29) is 25.7 Å². The zero-order chi connectivity index (χ0) is 65.7. The van der Waals surface area contributed by atoms with Crippen molar-refractivity contribution in [2.75, 3.05) is 39.6 Å². The summed E-state index contributed by atoms with van der Waals surface area (Å²) in [7, 11) is -9.89. The van der Waals surface area contributed by atoms with Gasteiger partial charge in [0.25, 0.3) is 0 Å². The number of ether oxygens (including phenoxy) is 4. The van der Waals surface area contributed by atoms with Crippen LogP contribution in [0, 0.1) is 11.8 Å². The second-order valence-corrected chi connectivity index (χ2v) is 29.1. The Hall–Kier alpha value is -1.94. The minimum Gasteiger partial charge on any atom is -0.462 e. The number of esters is 4. The van der Waals surface area contributed by atoms with E-state index in [9.17, 15) is 43.2 Å². The molecule has 0 saturated carbocycles. The van der Waals surface area contributed by atoms with Gasteiger partial charge >= 0.3 is 39.5 Å². The number of phosphoric acid groups is 2. The van der Waals surface area contributed by atoms with Crippen LogP contribution in [0.4, 0.5) is 0 Å². The molecule has 17 nitrogen and oxygen atoms in total. The molecule has 0 aromatic carbocycles. The fourth-order valence-corrected chi connectivity index (χ4v) is 12.2. The van der Waals surface area contributed by atoms with Crippen molar-refractivity contribution in [3.05, 3.63) is 0 Å². The fourth-order valence-electron chi connectivity index (χ4n) is 10.6. The van der Waals surface area contributed by atoms with E-state index in [4.69, 9.17) is 37.0 Å². The molecule has 0 fully saturated rings. The number of rotatable bonds is 69. The van der Waals surface area contributed by atoms with E-state index in [1.807, 2.05) is 0 Å². The minimum atomic E-state index is -4.95. The first-order valence-corrected chi connectivity index (χ1v) is 39.5. The van der Waals surface area contributed by atoms with E-state index in [1.165, 1.54) is 167 Å². The molecule has 0 radical (unpaired) electrons. The second kappa shape index (κ2) is 62.2. The van der Waals surface area contributed by atoms with Crippen LogP contribution in [0.2, 0.25) is 0 Å². The Bertz CT molecular complexity index is 1730. The monoisotopic (exact) mass is 1310 g/mol. The van der Waals surface area contributed by atoms with Crippen molar-refractivity contribution in [1.29, 1.82) is 0 Å². The molecule has 0 aromatic rings. The lowest BCUT2D eigenvalue weighted by molar-refractivity contribution is -0.161. The highest BCUT2D eigenvalue weighted by molar-refractivity contribution is 7.47. The Morgan fingerprint density at radius 1 is 0.303 bits per heavy atom. The zero-order valence-corrected chi connectivity index (χ0v) is 59.5. The van der Waals surface area contributed by atoms with Crippen molar-refractivity contribution in [2.24, 2.45) is 11.8 Å². The lowest BCUT2D eigenvalue weighted by Crippen LogP contribution is -2.30. The topological polar surface area (TPSA) is 237 Å². The SMILES string of the molecule is CCCCCCCCCCCCCCCCCCCCCCCC(=O)O[C@H](COC(=O)CCCCCCCCCC(C)C)COP(=O)(O)OC[C@@H](O)COP(=O)(O)OC[C@@H](COC(=O)CCCCCCCCCCC)OC(=O)CCCCCCCCC(C)C. The Balaban J connectivity index is 5.13. The molecular formula is C70H136O17P2. The van der Waals surface area contributed by atoms with E-state index in [2.05, 4.69) is 41.5 Å². The molecule has 528 valence electrons. The van der Waals surface area contributed by atoms with Crippen molar-refractivity contribution in [2.45, 2.75) is 374 Å². The Labute approximate surface area is 543 Å². The zero-order valence-electron chi connectivity index (χ0n) is 57.7. The molecule has 0 heterocycles. The highest BCUT2D eigenvalue weighted by atomic mass is 31.2. The third-order valence-corrected chi connectivity index (χ3v) is 18.1. The molecule has 0 aliphatic rings. The molecule has 19 heteroatoms. The highest BCUT2D eigenvalue weighted by Gasteiger charge is 2.30. The number of aliphatic hydroxyl groups is 1. The van der Waals surface area contributed by atoms with Gasteiger partial charge in [0.2, 0.25) is 0 Å². The van der Waals surface area contributed by atoms with E-state index in [1.54, 1.807) is 0 Å². The molecule has 3 N–H and O–H groups in total. The summed E-state index contributed by atoms with van der Waals surface area (Å²) < 4.78 is 68.1. The van der Waals surface area contributed by atoms with Gasteiger partial charge in [0.05, 0.1) is 26.4 Å². The summed E-state index contributed by atoms with van der Waals surface area (Å²) in [5.74, 6) is -0.759. The smallest absolute Gasteiger partial charge is 0.462 e. The molecule has 0 bridgehead atoms. The molecule has 5 atom stereocenters. The first kappa shape index (κ1) is 87.1. The van der Waals surface area contributed by atoms with Gasteiger partial charge in [-0.1, -0.05) is 305 Å². The van der Waals surface area contributed by atoms with Crippen LogP contribution in [0.1, 0.15) is 356 Å². The molecule has 0 aliphatic carbocycles. The molecule has 0 aromatic heterocycles. The van der Waals surface area contributed by atoms with E-state index >= 15 is 0 Å². The van der Waals surface area contributed by atoms with Gasteiger partial charge in [-0.05, 0) is 37.5 Å². The van der Waals surface area contributed by atoms with Gasteiger partial charge in [-0.3, -0.25) is 37.3 Å². The van der Waals surface area contributed by atoms with Crippen LogP contribution in [0.15, 0.2) is 0 Å². The number of phosphoric ester groups is 2. The lowest BCUT2D eigenvalue weighted by atomic mass is 10.0. The second-order valence-electron chi connectivity index (χ2n) is 26.2. The molecule has 2 unspecified atom stereocenters. The number of carbonyl (C=O) groups excluding carboxylic acids is 4. The molecule has 0 aliphatic heterocycles. The Morgan fingerprint density at radius 3 is 0.764 bits per heavy atom. The summed E-state index contributed by atoms with van der Waals surface area (Å²) in [6.45, 7) is 9.37.